The summed E-state index contributed by atoms with van der Waals surface area (Å²) in [7, 11) is 0. The maximum absolute atomic E-state index is 12.6. The SMILES string of the molecule is O=C(Nc1ccccc1NC(=O)c1cc(-c2cccnc2)on1)c1ccc(Cl)cc1. The molecule has 2 heterocycles. The molecule has 0 fully saturated rings. The molecule has 0 saturated carbocycles. The number of benzene rings is 2. The Hall–Kier alpha value is -3.97. The molecule has 2 amide bonds. The summed E-state index contributed by atoms with van der Waals surface area (Å²) in [6.45, 7) is 0. The summed E-state index contributed by atoms with van der Waals surface area (Å²) in [6.07, 6.45) is 3.26. The number of pyridine rings is 1. The molecular weight excluding hydrogens is 404 g/mol. The summed E-state index contributed by atoms with van der Waals surface area (Å²) in [4.78, 5) is 29.1. The minimum absolute atomic E-state index is 0.104. The number of hydrogen-bond acceptors (Lipinski definition) is 5. The third-order valence-electron chi connectivity index (χ3n) is 4.22. The third kappa shape index (κ3) is 4.37. The van der Waals surface area contributed by atoms with Crippen LogP contribution in [0.3, 0.4) is 0 Å². The van der Waals surface area contributed by atoms with Crippen molar-refractivity contribution in [1.29, 1.82) is 0 Å². The van der Waals surface area contributed by atoms with Gasteiger partial charge < -0.3 is 15.2 Å². The van der Waals surface area contributed by atoms with Crippen molar-refractivity contribution < 1.29 is 14.1 Å². The molecule has 4 rings (SSSR count). The van der Waals surface area contributed by atoms with E-state index in [4.69, 9.17) is 16.1 Å². The lowest BCUT2D eigenvalue weighted by atomic mass is 10.2. The summed E-state index contributed by atoms with van der Waals surface area (Å²) < 4.78 is 5.24. The zero-order chi connectivity index (χ0) is 20.9. The summed E-state index contributed by atoms with van der Waals surface area (Å²) in [6, 6.07) is 18.5. The van der Waals surface area contributed by atoms with Gasteiger partial charge in [-0.1, -0.05) is 28.9 Å². The van der Waals surface area contributed by atoms with Gasteiger partial charge in [0.2, 0.25) is 0 Å². The van der Waals surface area contributed by atoms with Gasteiger partial charge in [0.05, 0.1) is 11.4 Å². The van der Waals surface area contributed by atoms with E-state index in [0.717, 1.165) is 0 Å². The third-order valence-corrected chi connectivity index (χ3v) is 4.47. The molecule has 2 aromatic heterocycles. The van der Waals surface area contributed by atoms with Crippen LogP contribution in [0.2, 0.25) is 5.02 Å². The number of aromatic nitrogens is 2. The van der Waals surface area contributed by atoms with E-state index in [-0.39, 0.29) is 11.6 Å². The number of carbonyl (C=O) groups excluding carboxylic acids is 2. The fraction of sp³-hybridized carbons (Fsp3) is 0. The molecule has 7 nitrogen and oxygen atoms in total. The molecular formula is C22H15ClN4O3. The Morgan fingerprint density at radius 1 is 0.867 bits per heavy atom. The lowest BCUT2D eigenvalue weighted by Gasteiger charge is -2.11. The van der Waals surface area contributed by atoms with Crippen molar-refractivity contribution in [3.8, 4) is 11.3 Å². The number of hydrogen-bond donors (Lipinski definition) is 2. The molecule has 2 aromatic carbocycles. The lowest BCUT2D eigenvalue weighted by molar-refractivity contribution is 0.101. The molecule has 30 heavy (non-hydrogen) atoms. The van der Waals surface area contributed by atoms with E-state index in [1.807, 2.05) is 0 Å². The monoisotopic (exact) mass is 418 g/mol. The lowest BCUT2D eigenvalue weighted by Crippen LogP contribution is -2.17. The van der Waals surface area contributed by atoms with Crippen LogP contribution in [0.5, 0.6) is 0 Å². The minimum Gasteiger partial charge on any atom is -0.355 e. The Labute approximate surface area is 176 Å². The maximum atomic E-state index is 12.6. The van der Waals surface area contributed by atoms with E-state index in [0.29, 0.717) is 33.3 Å². The average Bonchev–Trinajstić information content (AvgIpc) is 3.27. The van der Waals surface area contributed by atoms with Gasteiger partial charge in [-0.05, 0) is 48.5 Å². The second-order valence-corrected chi connectivity index (χ2v) is 6.72. The Kier molecular flexibility index (Phi) is 5.54. The van der Waals surface area contributed by atoms with Crippen LogP contribution in [0.15, 0.2) is 83.6 Å². The van der Waals surface area contributed by atoms with Crippen LogP contribution >= 0.6 is 11.6 Å². The summed E-state index contributed by atoms with van der Waals surface area (Å²) in [5.41, 5.74) is 2.13. The van der Waals surface area contributed by atoms with Crippen LogP contribution in [0, 0.1) is 0 Å². The molecule has 0 saturated heterocycles. The first-order valence-corrected chi connectivity index (χ1v) is 9.32. The Balaban J connectivity index is 1.50. The maximum Gasteiger partial charge on any atom is 0.277 e. The number of para-hydroxylation sites is 2. The molecule has 148 valence electrons. The summed E-state index contributed by atoms with van der Waals surface area (Å²) in [5.74, 6) is -0.367. The van der Waals surface area contributed by atoms with Gasteiger partial charge in [-0.25, -0.2) is 0 Å². The zero-order valence-electron chi connectivity index (χ0n) is 15.5. The second kappa shape index (κ2) is 8.59. The Morgan fingerprint density at radius 3 is 2.23 bits per heavy atom. The fourth-order valence-corrected chi connectivity index (χ4v) is 2.84. The number of nitrogens with one attached hydrogen (secondary N) is 2. The highest BCUT2D eigenvalue weighted by atomic mass is 35.5. The molecule has 0 radical (unpaired) electrons. The predicted molar refractivity (Wildman–Crippen MR) is 114 cm³/mol. The van der Waals surface area contributed by atoms with E-state index in [2.05, 4.69) is 20.8 Å². The normalized spacial score (nSPS) is 10.4. The van der Waals surface area contributed by atoms with Crippen molar-refractivity contribution in [2.75, 3.05) is 10.6 Å². The summed E-state index contributed by atoms with van der Waals surface area (Å²) in [5, 5.41) is 9.89. The van der Waals surface area contributed by atoms with Crippen LogP contribution in [-0.4, -0.2) is 22.0 Å². The van der Waals surface area contributed by atoms with Crippen molar-refractivity contribution in [2.45, 2.75) is 0 Å². The fourth-order valence-electron chi connectivity index (χ4n) is 2.71. The average molecular weight is 419 g/mol. The molecule has 4 aromatic rings. The van der Waals surface area contributed by atoms with Gasteiger partial charge in [0, 0.05) is 34.6 Å². The molecule has 0 atom stereocenters. The van der Waals surface area contributed by atoms with Crippen LogP contribution in [-0.2, 0) is 0 Å². The van der Waals surface area contributed by atoms with Crippen LogP contribution in [0.4, 0.5) is 11.4 Å². The number of nitrogens with zero attached hydrogens (tertiary/aromatic N) is 2. The van der Waals surface area contributed by atoms with E-state index in [1.54, 1.807) is 73.1 Å². The van der Waals surface area contributed by atoms with Crippen molar-refractivity contribution in [2.24, 2.45) is 0 Å². The van der Waals surface area contributed by atoms with Crippen molar-refractivity contribution >= 4 is 34.8 Å². The van der Waals surface area contributed by atoms with Gasteiger partial charge >= 0.3 is 0 Å². The first-order chi connectivity index (χ1) is 14.6. The van der Waals surface area contributed by atoms with Gasteiger partial charge in [-0.3, -0.25) is 14.6 Å². The van der Waals surface area contributed by atoms with E-state index >= 15 is 0 Å². The van der Waals surface area contributed by atoms with Crippen LogP contribution in [0.1, 0.15) is 20.8 Å². The van der Waals surface area contributed by atoms with Gasteiger partial charge in [0.15, 0.2) is 11.5 Å². The highest BCUT2D eigenvalue weighted by molar-refractivity contribution is 6.30. The molecule has 0 aliphatic heterocycles. The first-order valence-electron chi connectivity index (χ1n) is 8.94. The smallest absolute Gasteiger partial charge is 0.277 e. The van der Waals surface area contributed by atoms with Gasteiger partial charge in [-0.2, -0.15) is 0 Å². The Bertz CT molecular complexity index is 1190. The van der Waals surface area contributed by atoms with Gasteiger partial charge in [0.1, 0.15) is 0 Å². The van der Waals surface area contributed by atoms with E-state index < -0.39 is 5.91 Å². The molecule has 0 aliphatic rings. The molecule has 0 aliphatic carbocycles. The topological polar surface area (TPSA) is 97.1 Å². The molecule has 0 spiro atoms. The van der Waals surface area contributed by atoms with Gasteiger partial charge in [-0.15, -0.1) is 0 Å². The molecule has 0 unspecified atom stereocenters. The largest absolute Gasteiger partial charge is 0.355 e. The number of halogens is 1. The summed E-state index contributed by atoms with van der Waals surface area (Å²) >= 11 is 5.86. The number of anilines is 2. The number of amides is 2. The van der Waals surface area contributed by atoms with Crippen molar-refractivity contribution in [1.82, 2.24) is 10.1 Å². The standard InChI is InChI=1S/C22H15ClN4O3/c23-16-9-7-14(8-10-16)21(28)25-17-5-1-2-6-18(17)26-22(29)19-12-20(30-27-19)15-4-3-11-24-13-15/h1-13H,(H,25,28)(H,26,29). The number of carbonyl (C=O) groups is 2. The van der Waals surface area contributed by atoms with E-state index in [9.17, 15) is 9.59 Å². The van der Waals surface area contributed by atoms with Crippen LogP contribution in [0.25, 0.3) is 11.3 Å². The first kappa shape index (κ1) is 19.4. The molecule has 0 bridgehead atoms. The number of rotatable bonds is 5. The quantitative estimate of drug-likeness (QED) is 0.480. The Morgan fingerprint density at radius 2 is 1.57 bits per heavy atom. The highest BCUT2D eigenvalue weighted by Crippen LogP contribution is 2.24. The second-order valence-electron chi connectivity index (χ2n) is 6.28. The zero-order valence-corrected chi connectivity index (χ0v) is 16.3. The highest BCUT2D eigenvalue weighted by Gasteiger charge is 2.16. The van der Waals surface area contributed by atoms with Crippen molar-refractivity contribution in [3.05, 3.63) is 95.4 Å². The minimum atomic E-state index is -0.470. The van der Waals surface area contributed by atoms with Crippen LogP contribution < -0.4 is 10.6 Å². The van der Waals surface area contributed by atoms with Gasteiger partial charge in [0.25, 0.3) is 11.8 Å². The van der Waals surface area contributed by atoms with Crippen molar-refractivity contribution in [3.63, 3.8) is 0 Å². The predicted octanol–water partition coefficient (Wildman–Crippen LogP) is 4.89. The molecule has 2 N–H and O–H groups in total. The van der Waals surface area contributed by atoms with E-state index in [1.165, 1.54) is 6.07 Å². The molecule has 8 heteroatoms.